The Morgan fingerprint density at radius 1 is 1.60 bits per heavy atom. The summed E-state index contributed by atoms with van der Waals surface area (Å²) in [6.45, 7) is 3.87. The number of thioether (sulfide) groups is 1. The summed E-state index contributed by atoms with van der Waals surface area (Å²) < 4.78 is 26.4. The van der Waals surface area contributed by atoms with Gasteiger partial charge in [0.25, 0.3) is 0 Å². The molecule has 0 aromatic heterocycles. The summed E-state index contributed by atoms with van der Waals surface area (Å²) in [5.41, 5.74) is 1.60. The molecule has 1 rings (SSSR count). The molecule has 0 heterocycles. The van der Waals surface area contributed by atoms with Crippen molar-refractivity contribution in [3.05, 3.63) is 23.0 Å². The Hall–Kier alpha value is -0.310. The van der Waals surface area contributed by atoms with Crippen molar-refractivity contribution in [3.63, 3.8) is 0 Å². The van der Waals surface area contributed by atoms with Gasteiger partial charge in [-0.25, -0.2) is 8.78 Å². The molecule has 3 heteroatoms. The maximum Gasteiger partial charge on any atom is 0.125 e. The number of rotatable bonds is 4. The van der Waals surface area contributed by atoms with Crippen LogP contribution in [0.3, 0.4) is 0 Å². The molecule has 0 amide bonds. The van der Waals surface area contributed by atoms with E-state index in [1.54, 1.807) is 18.7 Å². The van der Waals surface area contributed by atoms with Crippen LogP contribution in [-0.4, -0.2) is 18.2 Å². The molecule has 0 spiro atoms. The minimum absolute atomic E-state index is 0.373. The molecule has 86 valence electrons. The molecule has 0 fully saturated rings. The Morgan fingerprint density at radius 2 is 2.27 bits per heavy atom. The van der Waals surface area contributed by atoms with Crippen molar-refractivity contribution in [3.8, 4) is 0 Å². The highest BCUT2D eigenvalue weighted by molar-refractivity contribution is 7.98. The van der Waals surface area contributed by atoms with Gasteiger partial charge in [0.2, 0.25) is 0 Å². The van der Waals surface area contributed by atoms with Gasteiger partial charge in [-0.1, -0.05) is 12.5 Å². The monoisotopic (exact) mass is 232 g/mol. The van der Waals surface area contributed by atoms with Crippen LogP contribution in [0.1, 0.15) is 26.7 Å². The van der Waals surface area contributed by atoms with Crippen molar-refractivity contribution in [2.45, 2.75) is 32.9 Å². The van der Waals surface area contributed by atoms with Crippen LogP contribution in [0.15, 0.2) is 23.0 Å². The average Bonchev–Trinajstić information content (AvgIpc) is 2.13. The largest absolute Gasteiger partial charge is 0.242 e. The number of alkyl halides is 1. The summed E-state index contributed by atoms with van der Waals surface area (Å²) in [6.07, 6.45) is 3.19. The third-order valence-corrected chi connectivity index (χ3v) is 3.61. The van der Waals surface area contributed by atoms with Crippen molar-refractivity contribution >= 4 is 11.8 Å². The average molecular weight is 232 g/mol. The van der Waals surface area contributed by atoms with E-state index in [9.17, 15) is 8.78 Å². The number of allylic oxidation sites excluding steroid dienone is 4. The van der Waals surface area contributed by atoms with Crippen LogP contribution in [0.5, 0.6) is 0 Å². The number of halogens is 2. The summed E-state index contributed by atoms with van der Waals surface area (Å²) in [5.74, 6) is 1.15. The summed E-state index contributed by atoms with van der Waals surface area (Å²) >= 11 is 1.78. The fourth-order valence-corrected chi connectivity index (χ4v) is 2.59. The van der Waals surface area contributed by atoms with Crippen LogP contribution in [0.4, 0.5) is 8.78 Å². The first-order chi connectivity index (χ1) is 7.04. The zero-order valence-electron chi connectivity index (χ0n) is 9.52. The predicted octanol–water partition coefficient (Wildman–Crippen LogP) is 4.29. The molecule has 0 aromatic rings. The lowest BCUT2D eigenvalue weighted by Gasteiger charge is -2.20. The van der Waals surface area contributed by atoms with Crippen molar-refractivity contribution in [2.24, 2.45) is 5.92 Å². The first-order valence-electron chi connectivity index (χ1n) is 5.24. The normalized spacial score (nSPS) is 24.1. The van der Waals surface area contributed by atoms with Crippen LogP contribution < -0.4 is 0 Å². The zero-order chi connectivity index (χ0) is 11.4. The molecular weight excluding hydrogens is 214 g/mol. The van der Waals surface area contributed by atoms with E-state index in [0.717, 1.165) is 23.8 Å². The van der Waals surface area contributed by atoms with E-state index in [0.29, 0.717) is 17.9 Å². The van der Waals surface area contributed by atoms with E-state index in [-0.39, 0.29) is 5.83 Å². The molecule has 0 aliphatic heterocycles. The predicted molar refractivity (Wildman–Crippen MR) is 63.6 cm³/mol. The SMILES string of the molecule is CSCC(C)CC1=C(C)C(F)=CC(F)C1. The maximum absolute atomic E-state index is 13.3. The van der Waals surface area contributed by atoms with E-state index >= 15 is 0 Å². The third-order valence-electron chi connectivity index (χ3n) is 2.70. The smallest absolute Gasteiger partial charge is 0.125 e. The zero-order valence-corrected chi connectivity index (χ0v) is 10.3. The van der Waals surface area contributed by atoms with Crippen LogP contribution in [0, 0.1) is 5.92 Å². The molecule has 2 atom stereocenters. The molecule has 0 saturated carbocycles. The van der Waals surface area contributed by atoms with Gasteiger partial charge in [-0.2, -0.15) is 11.8 Å². The molecule has 0 radical (unpaired) electrons. The van der Waals surface area contributed by atoms with Gasteiger partial charge in [-0.3, -0.25) is 0 Å². The lowest BCUT2D eigenvalue weighted by Crippen LogP contribution is -2.10. The molecule has 1 aliphatic carbocycles. The van der Waals surface area contributed by atoms with Crippen LogP contribution in [-0.2, 0) is 0 Å². The second-order valence-corrected chi connectivity index (χ2v) is 5.14. The van der Waals surface area contributed by atoms with E-state index in [1.165, 1.54) is 0 Å². The van der Waals surface area contributed by atoms with Gasteiger partial charge in [0.15, 0.2) is 0 Å². The maximum atomic E-state index is 13.3. The van der Waals surface area contributed by atoms with Crippen LogP contribution in [0.2, 0.25) is 0 Å². The molecule has 0 nitrogen and oxygen atoms in total. The highest BCUT2D eigenvalue weighted by Gasteiger charge is 2.20. The van der Waals surface area contributed by atoms with Gasteiger partial charge in [0.1, 0.15) is 12.0 Å². The highest BCUT2D eigenvalue weighted by Crippen LogP contribution is 2.31. The standard InChI is InChI=1S/C12H18F2S/c1-8(7-15-3)4-10-5-11(13)6-12(14)9(10)2/h6,8,11H,4-5,7H2,1-3H3. The van der Waals surface area contributed by atoms with Crippen molar-refractivity contribution in [1.29, 1.82) is 0 Å². The highest BCUT2D eigenvalue weighted by atomic mass is 32.2. The molecule has 0 saturated heterocycles. The Balaban J connectivity index is 2.67. The first kappa shape index (κ1) is 12.8. The van der Waals surface area contributed by atoms with Gasteiger partial charge >= 0.3 is 0 Å². The molecule has 2 unspecified atom stereocenters. The summed E-state index contributed by atoms with van der Waals surface area (Å²) in [4.78, 5) is 0. The summed E-state index contributed by atoms with van der Waals surface area (Å²) in [5, 5.41) is 0. The Labute approximate surface area is 94.8 Å². The third kappa shape index (κ3) is 3.63. The second kappa shape index (κ2) is 5.69. The molecular formula is C12H18F2S. The number of hydrogen-bond donors (Lipinski definition) is 0. The molecule has 0 aromatic carbocycles. The minimum Gasteiger partial charge on any atom is -0.242 e. The molecule has 1 aliphatic rings. The minimum atomic E-state index is -1.13. The van der Waals surface area contributed by atoms with Gasteiger partial charge < -0.3 is 0 Å². The first-order valence-corrected chi connectivity index (χ1v) is 6.63. The summed E-state index contributed by atoms with van der Waals surface area (Å²) in [6, 6.07) is 0. The van der Waals surface area contributed by atoms with Gasteiger partial charge in [-0.05, 0) is 42.9 Å². The quantitative estimate of drug-likeness (QED) is 0.697. The second-order valence-electron chi connectivity index (χ2n) is 4.23. The fourth-order valence-electron chi connectivity index (χ4n) is 1.90. The van der Waals surface area contributed by atoms with Gasteiger partial charge in [0, 0.05) is 6.42 Å². The molecule has 0 N–H and O–H groups in total. The Morgan fingerprint density at radius 3 is 2.87 bits per heavy atom. The Kier molecular flexibility index (Phi) is 4.84. The number of hydrogen-bond acceptors (Lipinski definition) is 1. The van der Waals surface area contributed by atoms with E-state index < -0.39 is 6.17 Å². The summed E-state index contributed by atoms with van der Waals surface area (Å²) in [7, 11) is 0. The van der Waals surface area contributed by atoms with E-state index in [1.807, 2.05) is 0 Å². The van der Waals surface area contributed by atoms with E-state index in [4.69, 9.17) is 0 Å². The molecule has 15 heavy (non-hydrogen) atoms. The lowest BCUT2D eigenvalue weighted by atomic mass is 9.90. The van der Waals surface area contributed by atoms with Crippen molar-refractivity contribution < 1.29 is 8.78 Å². The fraction of sp³-hybridized carbons (Fsp3) is 0.667. The van der Waals surface area contributed by atoms with Crippen LogP contribution in [0.25, 0.3) is 0 Å². The van der Waals surface area contributed by atoms with Crippen LogP contribution >= 0.6 is 11.8 Å². The van der Waals surface area contributed by atoms with Gasteiger partial charge in [0.05, 0.1) is 0 Å². The van der Waals surface area contributed by atoms with Crippen molar-refractivity contribution in [1.82, 2.24) is 0 Å². The van der Waals surface area contributed by atoms with Crippen molar-refractivity contribution in [2.75, 3.05) is 12.0 Å². The Bertz CT molecular complexity index is 281. The van der Waals surface area contributed by atoms with Gasteiger partial charge in [-0.15, -0.1) is 0 Å². The molecule has 0 bridgehead atoms. The lowest BCUT2D eigenvalue weighted by molar-refractivity contribution is 0.375. The topological polar surface area (TPSA) is 0 Å². The van der Waals surface area contributed by atoms with E-state index in [2.05, 4.69) is 13.2 Å².